The summed E-state index contributed by atoms with van der Waals surface area (Å²) in [6.07, 6.45) is 1.59. The maximum Gasteiger partial charge on any atom is 0.270 e. The number of rotatable bonds is 14. The molecule has 0 aliphatic heterocycles. The number of amides is 1. The standard InChI is InChI=1S/C26H32ClN3O4S/c1-32-14-4-12-28-26(31)22-18-35-25(29-22)17-30(16-20-5-8-21(27)9-6-20)13-11-19-7-10-23(33-2)24(15-19)34-3/h5-10,15,18H,4,11-14,16-17H2,1-3H3,(H,28,31). The Hall–Kier alpha value is -2.65. The number of benzene rings is 2. The van der Waals surface area contributed by atoms with Crippen molar-refractivity contribution < 1.29 is 19.0 Å². The van der Waals surface area contributed by atoms with Gasteiger partial charge in [-0.1, -0.05) is 29.8 Å². The molecule has 0 unspecified atom stereocenters. The van der Waals surface area contributed by atoms with Crippen LogP contribution < -0.4 is 14.8 Å². The summed E-state index contributed by atoms with van der Waals surface area (Å²) in [5, 5.41) is 6.32. The van der Waals surface area contributed by atoms with Gasteiger partial charge in [-0.05, 0) is 48.2 Å². The van der Waals surface area contributed by atoms with Gasteiger partial charge in [0.05, 0.1) is 20.8 Å². The van der Waals surface area contributed by atoms with Crippen LogP contribution in [0.2, 0.25) is 5.02 Å². The minimum Gasteiger partial charge on any atom is -0.493 e. The van der Waals surface area contributed by atoms with E-state index < -0.39 is 0 Å². The van der Waals surface area contributed by atoms with E-state index in [1.165, 1.54) is 11.3 Å². The quantitative estimate of drug-likeness (QED) is 0.309. The van der Waals surface area contributed by atoms with Crippen LogP contribution in [0.15, 0.2) is 47.8 Å². The third-order valence-corrected chi connectivity index (χ3v) is 6.52. The molecule has 0 radical (unpaired) electrons. The predicted octanol–water partition coefficient (Wildman–Crippen LogP) is 4.82. The number of ether oxygens (including phenoxy) is 3. The average Bonchev–Trinajstić information content (AvgIpc) is 3.34. The third kappa shape index (κ3) is 8.50. The molecule has 188 valence electrons. The summed E-state index contributed by atoms with van der Waals surface area (Å²) in [6, 6.07) is 13.9. The lowest BCUT2D eigenvalue weighted by atomic mass is 10.1. The Labute approximate surface area is 216 Å². The molecule has 35 heavy (non-hydrogen) atoms. The Balaban J connectivity index is 1.67. The largest absolute Gasteiger partial charge is 0.493 e. The molecule has 2 aromatic carbocycles. The van der Waals surface area contributed by atoms with E-state index in [0.717, 1.165) is 47.8 Å². The van der Waals surface area contributed by atoms with Crippen LogP contribution in [0.3, 0.4) is 0 Å². The zero-order valence-electron chi connectivity index (χ0n) is 20.4. The van der Waals surface area contributed by atoms with Gasteiger partial charge in [-0.25, -0.2) is 4.98 Å². The zero-order chi connectivity index (χ0) is 25.0. The summed E-state index contributed by atoms with van der Waals surface area (Å²) < 4.78 is 15.8. The number of hydrogen-bond acceptors (Lipinski definition) is 7. The van der Waals surface area contributed by atoms with E-state index in [1.54, 1.807) is 21.3 Å². The van der Waals surface area contributed by atoms with Gasteiger partial charge in [0.1, 0.15) is 10.7 Å². The molecule has 1 aromatic heterocycles. The molecule has 9 heteroatoms. The number of halogens is 1. The van der Waals surface area contributed by atoms with Crippen LogP contribution in [-0.2, 0) is 24.2 Å². The fourth-order valence-electron chi connectivity index (χ4n) is 3.57. The Kier molecular flexibility index (Phi) is 10.8. The minimum atomic E-state index is -0.154. The van der Waals surface area contributed by atoms with Crippen LogP contribution in [0.1, 0.15) is 33.0 Å². The van der Waals surface area contributed by atoms with Gasteiger partial charge in [0.15, 0.2) is 11.5 Å². The first kappa shape index (κ1) is 26.9. The van der Waals surface area contributed by atoms with Gasteiger partial charge < -0.3 is 19.5 Å². The fourth-order valence-corrected chi connectivity index (χ4v) is 4.52. The van der Waals surface area contributed by atoms with Crippen LogP contribution in [0, 0.1) is 0 Å². The molecular formula is C26H32ClN3O4S. The second-order valence-corrected chi connectivity index (χ2v) is 9.38. The number of nitrogens with zero attached hydrogens (tertiary/aromatic N) is 2. The summed E-state index contributed by atoms with van der Waals surface area (Å²) in [5.74, 6) is 1.28. The first-order valence-electron chi connectivity index (χ1n) is 11.4. The molecule has 0 spiro atoms. The molecule has 0 saturated carbocycles. The van der Waals surface area contributed by atoms with Crippen molar-refractivity contribution in [3.05, 3.63) is 74.7 Å². The van der Waals surface area contributed by atoms with Crippen molar-refractivity contribution in [3.8, 4) is 11.5 Å². The molecule has 1 N–H and O–H groups in total. The van der Waals surface area contributed by atoms with Crippen LogP contribution in [0.5, 0.6) is 11.5 Å². The molecule has 1 amide bonds. The molecule has 0 aliphatic carbocycles. The lowest BCUT2D eigenvalue weighted by molar-refractivity contribution is 0.0944. The van der Waals surface area contributed by atoms with Gasteiger partial charge in [-0.2, -0.15) is 0 Å². The summed E-state index contributed by atoms with van der Waals surface area (Å²) >= 11 is 7.57. The molecule has 3 rings (SSSR count). The Morgan fingerprint density at radius 1 is 1.03 bits per heavy atom. The zero-order valence-corrected chi connectivity index (χ0v) is 22.0. The SMILES string of the molecule is COCCCNC(=O)c1csc(CN(CCc2ccc(OC)c(OC)c2)Cc2ccc(Cl)cc2)n1. The predicted molar refractivity (Wildman–Crippen MR) is 140 cm³/mol. The second-order valence-electron chi connectivity index (χ2n) is 8.01. The van der Waals surface area contributed by atoms with Crippen LogP contribution in [0.4, 0.5) is 0 Å². The molecule has 1 heterocycles. The van der Waals surface area contributed by atoms with Crippen molar-refractivity contribution in [2.45, 2.75) is 25.9 Å². The lowest BCUT2D eigenvalue weighted by Crippen LogP contribution is -2.26. The molecule has 7 nitrogen and oxygen atoms in total. The highest BCUT2D eigenvalue weighted by Gasteiger charge is 2.15. The maximum atomic E-state index is 12.4. The summed E-state index contributed by atoms with van der Waals surface area (Å²) in [7, 11) is 4.92. The number of nitrogens with one attached hydrogen (secondary N) is 1. The molecule has 0 bridgehead atoms. The average molecular weight is 518 g/mol. The van der Waals surface area contributed by atoms with Crippen molar-refractivity contribution in [1.29, 1.82) is 0 Å². The summed E-state index contributed by atoms with van der Waals surface area (Å²) in [6.45, 7) is 3.35. The first-order valence-corrected chi connectivity index (χ1v) is 12.7. The molecule has 0 atom stereocenters. The first-order chi connectivity index (χ1) is 17.0. The number of thiazole rings is 1. The van der Waals surface area contributed by atoms with E-state index in [4.69, 9.17) is 25.8 Å². The Bertz CT molecular complexity index is 1070. The van der Waals surface area contributed by atoms with Crippen LogP contribution in [0.25, 0.3) is 0 Å². The number of methoxy groups -OCH3 is 3. The third-order valence-electron chi connectivity index (χ3n) is 5.44. The van der Waals surface area contributed by atoms with Crippen molar-refractivity contribution >= 4 is 28.8 Å². The van der Waals surface area contributed by atoms with Gasteiger partial charge in [-0.15, -0.1) is 11.3 Å². The van der Waals surface area contributed by atoms with Crippen molar-refractivity contribution in [2.75, 3.05) is 41.0 Å². The van der Waals surface area contributed by atoms with Crippen molar-refractivity contribution in [2.24, 2.45) is 0 Å². The van der Waals surface area contributed by atoms with E-state index in [-0.39, 0.29) is 5.91 Å². The fraction of sp³-hybridized carbons (Fsp3) is 0.385. The molecule has 3 aromatic rings. The Morgan fingerprint density at radius 2 is 1.77 bits per heavy atom. The monoisotopic (exact) mass is 517 g/mol. The summed E-state index contributed by atoms with van der Waals surface area (Å²) in [5.41, 5.74) is 2.77. The van der Waals surface area contributed by atoms with E-state index >= 15 is 0 Å². The van der Waals surface area contributed by atoms with Crippen LogP contribution in [-0.4, -0.2) is 56.8 Å². The molecular weight excluding hydrogens is 486 g/mol. The van der Waals surface area contributed by atoms with E-state index in [0.29, 0.717) is 36.2 Å². The van der Waals surface area contributed by atoms with E-state index in [2.05, 4.69) is 21.3 Å². The lowest BCUT2D eigenvalue weighted by Gasteiger charge is -2.22. The van der Waals surface area contributed by atoms with Gasteiger partial charge in [0.25, 0.3) is 5.91 Å². The summed E-state index contributed by atoms with van der Waals surface area (Å²) in [4.78, 5) is 19.3. The van der Waals surface area contributed by atoms with Gasteiger partial charge >= 0.3 is 0 Å². The normalized spacial score (nSPS) is 11.0. The van der Waals surface area contributed by atoms with E-state index in [9.17, 15) is 4.79 Å². The molecule has 0 saturated heterocycles. The molecule has 0 aliphatic rings. The van der Waals surface area contributed by atoms with E-state index in [1.807, 2.05) is 41.8 Å². The highest BCUT2D eigenvalue weighted by molar-refractivity contribution is 7.09. The highest BCUT2D eigenvalue weighted by Crippen LogP contribution is 2.28. The van der Waals surface area contributed by atoms with Gasteiger partial charge in [-0.3, -0.25) is 9.69 Å². The minimum absolute atomic E-state index is 0.154. The number of carbonyl (C=O) groups excluding carboxylic acids is 1. The maximum absolute atomic E-state index is 12.4. The highest BCUT2D eigenvalue weighted by atomic mass is 35.5. The van der Waals surface area contributed by atoms with Gasteiger partial charge in [0, 0.05) is 43.8 Å². The Morgan fingerprint density at radius 3 is 2.49 bits per heavy atom. The second kappa shape index (κ2) is 14.0. The van der Waals surface area contributed by atoms with Crippen molar-refractivity contribution in [3.63, 3.8) is 0 Å². The number of aromatic nitrogens is 1. The van der Waals surface area contributed by atoms with Crippen LogP contribution >= 0.6 is 22.9 Å². The van der Waals surface area contributed by atoms with Gasteiger partial charge in [0.2, 0.25) is 0 Å². The number of carbonyl (C=O) groups is 1. The molecule has 0 fully saturated rings. The topological polar surface area (TPSA) is 72.9 Å². The van der Waals surface area contributed by atoms with Crippen molar-refractivity contribution in [1.82, 2.24) is 15.2 Å². The smallest absolute Gasteiger partial charge is 0.270 e. The number of hydrogen-bond donors (Lipinski definition) is 1.